The van der Waals surface area contributed by atoms with Gasteiger partial charge in [-0.15, -0.1) is 12.4 Å². The van der Waals surface area contributed by atoms with Gasteiger partial charge in [0, 0.05) is 61.3 Å². The number of hydrogen-bond donors (Lipinski definition) is 15. The van der Waals surface area contributed by atoms with E-state index in [2.05, 4.69) is 62.5 Å². The van der Waals surface area contributed by atoms with E-state index in [1.54, 1.807) is 74.6 Å². The highest BCUT2D eigenvalue weighted by molar-refractivity contribution is 5.98. The first-order valence-corrected chi connectivity index (χ1v) is 28.3. The third-order valence-electron chi connectivity index (χ3n) is 14.0. The molecule has 7 atom stereocenters. The molecule has 30 heteroatoms. The highest BCUT2D eigenvalue weighted by Gasteiger charge is 2.39. The van der Waals surface area contributed by atoms with E-state index < -0.39 is 121 Å². The average molecular weight is 1240 g/mol. The van der Waals surface area contributed by atoms with Crippen molar-refractivity contribution in [1.82, 2.24) is 62.4 Å². The van der Waals surface area contributed by atoms with Crippen molar-refractivity contribution in [1.29, 1.82) is 0 Å². The normalized spacial score (nSPS) is 14.7. The lowest BCUT2D eigenvalue weighted by molar-refractivity contribution is -0.142. The number of aromatic hydroxyl groups is 1. The molecule has 3 heterocycles. The summed E-state index contributed by atoms with van der Waals surface area (Å²) in [7, 11) is 0. The fourth-order valence-corrected chi connectivity index (χ4v) is 9.62. The Bertz CT molecular complexity index is 3200. The number of aliphatic hydroxyl groups excluding tert-OH is 1. The van der Waals surface area contributed by atoms with Gasteiger partial charge in [0.2, 0.25) is 53.2 Å². The molecular weight excluding hydrogens is 1160 g/mol. The molecule has 5 aromatic rings. The van der Waals surface area contributed by atoms with E-state index in [-0.39, 0.29) is 94.7 Å². The standard InChI is InChI=1S/C58H76N16O13.ClH/c1-33(2)22-42(51(80)69-41(14-8-20-63-57(60)61)56(85)74-21-9-15-47(74)55(84)65-28-48(59)77)68-49(78)29-66-50(79)43(23-34-16-18-38(76)19-17-34)70-54(83)46(30-75)72-52(81)44(24-36-26-64-40-13-7-6-12-39(36)40)71-53(82)45(25-37-27-62-32-67-37)73-58(86)87-31-35-10-4-3-5-11-35;/h3-7,10-13,16-19,26-27,32-33,41-47,64,75-76H,8-9,14-15,20-25,28-31H2,1-2H3,(H2,59,77)(H,62,67)(H,65,84)(H,66,79)(H,68,78)(H,69,80)(H,70,83)(H,71,82)(H,72,81)(H,73,86)(H4,60,61,63);1H/t41-,42-,43-,44-,45-,46-,47-;/m0./s1. The minimum Gasteiger partial charge on any atom is -0.508 e. The molecule has 1 aliphatic rings. The minimum absolute atomic E-state index is 0. The summed E-state index contributed by atoms with van der Waals surface area (Å²) in [6.07, 6.45) is 4.05. The highest BCUT2D eigenvalue weighted by Crippen LogP contribution is 2.22. The topological polar surface area (TPSA) is 455 Å². The molecule has 0 aliphatic carbocycles. The number of fused-ring (bicyclic) bond motifs is 1. The molecule has 0 bridgehead atoms. The number of hydrogen-bond acceptors (Lipinski definition) is 15. The van der Waals surface area contributed by atoms with Gasteiger partial charge in [0.15, 0.2) is 5.96 Å². The van der Waals surface area contributed by atoms with Crippen LogP contribution in [0.4, 0.5) is 4.79 Å². The quantitative estimate of drug-likeness (QED) is 0.0133. The number of amides is 10. The number of carbonyl (C=O) groups excluding carboxylic acids is 10. The van der Waals surface area contributed by atoms with E-state index in [4.69, 9.17) is 21.9 Å². The Morgan fingerprint density at radius 3 is 2.00 bits per heavy atom. The molecule has 0 radical (unpaired) electrons. The van der Waals surface area contributed by atoms with Crippen molar-refractivity contribution in [2.75, 3.05) is 32.8 Å². The Kier molecular flexibility index (Phi) is 27.0. The number of likely N-dealkylation sites (tertiary alicyclic amines) is 1. The summed E-state index contributed by atoms with van der Waals surface area (Å²) < 4.78 is 5.41. The molecule has 18 N–H and O–H groups in total. The number of aliphatic hydroxyl groups is 1. The maximum absolute atomic E-state index is 14.5. The number of aromatic nitrogens is 3. The van der Waals surface area contributed by atoms with Gasteiger partial charge >= 0.3 is 6.09 Å². The van der Waals surface area contributed by atoms with Gasteiger partial charge in [0.25, 0.3) is 0 Å². The van der Waals surface area contributed by atoms with Gasteiger partial charge in [0.1, 0.15) is 54.6 Å². The first kappa shape index (κ1) is 69.0. The number of benzene rings is 3. The van der Waals surface area contributed by atoms with Gasteiger partial charge in [0.05, 0.1) is 26.0 Å². The van der Waals surface area contributed by atoms with Crippen LogP contribution in [0.25, 0.3) is 10.9 Å². The number of aromatic amines is 2. The maximum Gasteiger partial charge on any atom is 0.408 e. The smallest absolute Gasteiger partial charge is 0.408 e. The minimum atomic E-state index is -1.75. The zero-order valence-corrected chi connectivity index (χ0v) is 49.4. The van der Waals surface area contributed by atoms with E-state index >= 15 is 0 Å². The number of alkyl carbamates (subject to hydrolysis) is 1. The van der Waals surface area contributed by atoms with Crippen molar-refractivity contribution >= 4 is 88.5 Å². The van der Waals surface area contributed by atoms with Crippen LogP contribution in [0.1, 0.15) is 68.3 Å². The molecular formula is C58H77ClN16O13. The number of carbonyl (C=O) groups is 10. The number of nitrogens with one attached hydrogen (secondary N) is 10. The van der Waals surface area contributed by atoms with Gasteiger partial charge < -0.3 is 89.6 Å². The number of imidazole rings is 1. The number of ether oxygens (including phenoxy) is 1. The summed E-state index contributed by atoms with van der Waals surface area (Å²) in [5.74, 6) is -7.85. The molecule has 1 fully saturated rings. The van der Waals surface area contributed by atoms with Gasteiger partial charge in [-0.25, -0.2) is 9.78 Å². The number of phenolic OH excluding ortho intramolecular Hbond substituents is 1. The van der Waals surface area contributed by atoms with Crippen LogP contribution in [0.2, 0.25) is 0 Å². The zero-order chi connectivity index (χ0) is 63.0. The second kappa shape index (κ2) is 34.4. The third kappa shape index (κ3) is 21.6. The molecule has 10 amide bonds. The fourth-order valence-electron chi connectivity index (χ4n) is 9.62. The number of guanidine groups is 1. The first-order valence-electron chi connectivity index (χ1n) is 28.3. The van der Waals surface area contributed by atoms with Gasteiger partial charge in [-0.2, -0.15) is 0 Å². The Morgan fingerprint density at radius 1 is 0.705 bits per heavy atom. The molecule has 0 unspecified atom stereocenters. The lowest BCUT2D eigenvalue weighted by atomic mass is 10.0. The van der Waals surface area contributed by atoms with Crippen molar-refractivity contribution in [2.45, 2.75) is 114 Å². The van der Waals surface area contributed by atoms with Crippen LogP contribution in [0.3, 0.4) is 0 Å². The number of halogens is 1. The SMILES string of the molecule is CC(C)C[C@H](NC(=O)CNC(=O)[C@H](Cc1ccc(O)cc1)NC(=O)[C@H](CO)NC(=O)[C@H](Cc1c[nH]c2ccccc12)NC(=O)[C@H](Cc1cnc[nH]1)NC(=O)OCc1ccccc1)C(=O)N[C@@H](CCCN=C(N)N)C(=O)N1CCC[C@H]1C(=O)NCC(N)=O.Cl. The van der Waals surface area contributed by atoms with Crippen molar-refractivity contribution in [3.05, 3.63) is 120 Å². The summed E-state index contributed by atoms with van der Waals surface area (Å²) in [5.41, 5.74) is 19.1. The summed E-state index contributed by atoms with van der Waals surface area (Å²) in [4.78, 5) is 152. The largest absolute Gasteiger partial charge is 0.508 e. The van der Waals surface area contributed by atoms with Gasteiger partial charge in [-0.1, -0.05) is 74.5 Å². The summed E-state index contributed by atoms with van der Waals surface area (Å²) in [5, 5.41) is 41.9. The molecule has 1 saturated heterocycles. The van der Waals surface area contributed by atoms with Crippen molar-refractivity contribution in [3.63, 3.8) is 0 Å². The van der Waals surface area contributed by atoms with Crippen molar-refractivity contribution in [2.24, 2.45) is 28.1 Å². The predicted molar refractivity (Wildman–Crippen MR) is 323 cm³/mol. The highest BCUT2D eigenvalue weighted by atomic mass is 35.5. The molecule has 6 rings (SSSR count). The number of para-hydroxylation sites is 1. The van der Waals surface area contributed by atoms with Crippen LogP contribution < -0.4 is 59.7 Å². The monoisotopic (exact) mass is 1240 g/mol. The Balaban J connectivity index is 0.0000141. The average Bonchev–Trinajstić information content (AvgIpc) is 3.85. The number of H-pyrrole nitrogens is 2. The van der Waals surface area contributed by atoms with Crippen LogP contribution in [-0.4, -0.2) is 170 Å². The molecule has 29 nitrogen and oxygen atoms in total. The van der Waals surface area contributed by atoms with E-state index in [9.17, 15) is 58.2 Å². The van der Waals surface area contributed by atoms with E-state index in [0.29, 0.717) is 39.7 Å². The number of rotatable bonds is 32. The molecule has 88 heavy (non-hydrogen) atoms. The lowest BCUT2D eigenvalue weighted by Gasteiger charge is -2.30. The van der Waals surface area contributed by atoms with Crippen LogP contribution in [0, 0.1) is 5.92 Å². The number of nitrogens with zero attached hydrogens (tertiary/aromatic N) is 3. The Morgan fingerprint density at radius 2 is 1.34 bits per heavy atom. The zero-order valence-electron chi connectivity index (χ0n) is 48.6. The van der Waals surface area contributed by atoms with Crippen LogP contribution in [0.5, 0.6) is 5.75 Å². The second-order valence-electron chi connectivity index (χ2n) is 21.2. The van der Waals surface area contributed by atoms with Crippen LogP contribution in [0.15, 0.2) is 103 Å². The first-order chi connectivity index (χ1) is 41.7. The number of aliphatic imine (C=N–C) groups is 1. The van der Waals surface area contributed by atoms with Gasteiger partial charge in [-0.3, -0.25) is 48.1 Å². The van der Waals surface area contributed by atoms with Crippen LogP contribution in [-0.2, 0) is 73.8 Å². The predicted octanol–water partition coefficient (Wildman–Crippen LogP) is -1.43. The number of nitrogens with two attached hydrogens (primary N) is 3. The van der Waals surface area contributed by atoms with E-state index in [1.807, 2.05) is 0 Å². The molecule has 1 aliphatic heterocycles. The number of primary amides is 1. The molecule has 2 aromatic heterocycles. The van der Waals surface area contributed by atoms with Crippen molar-refractivity contribution < 1.29 is 62.9 Å². The molecule has 0 spiro atoms. The molecule has 0 saturated carbocycles. The summed E-state index contributed by atoms with van der Waals surface area (Å²) >= 11 is 0. The Labute approximate surface area is 512 Å². The van der Waals surface area contributed by atoms with E-state index in [1.165, 1.54) is 41.7 Å². The molecule has 474 valence electrons. The van der Waals surface area contributed by atoms with E-state index in [0.717, 1.165) is 0 Å². The Hall–Kier alpha value is -9.77. The summed E-state index contributed by atoms with van der Waals surface area (Å²) in [6, 6.07) is 12.2. The lowest BCUT2D eigenvalue weighted by Crippen LogP contribution is -2.60. The number of phenols is 1. The molecule has 3 aromatic carbocycles. The second-order valence-corrected chi connectivity index (χ2v) is 21.2. The van der Waals surface area contributed by atoms with Crippen LogP contribution >= 0.6 is 12.4 Å². The van der Waals surface area contributed by atoms with Gasteiger partial charge in [-0.05, 0) is 72.9 Å². The fraction of sp³-hybridized carbons (Fsp3) is 0.414. The maximum atomic E-state index is 14.5. The summed E-state index contributed by atoms with van der Waals surface area (Å²) in [6.45, 7) is 1.53. The third-order valence-corrected chi connectivity index (χ3v) is 14.0. The van der Waals surface area contributed by atoms with Crippen molar-refractivity contribution in [3.8, 4) is 5.75 Å².